The summed E-state index contributed by atoms with van der Waals surface area (Å²) in [4.78, 5) is 35.2. The van der Waals surface area contributed by atoms with Crippen LogP contribution in [0.1, 0.15) is 5.56 Å². The Kier molecular flexibility index (Phi) is 8.28. The fraction of sp³-hybridized carbons (Fsp3) is 0.211. The molecule has 0 saturated carbocycles. The van der Waals surface area contributed by atoms with E-state index in [-0.39, 0.29) is 13.2 Å². The van der Waals surface area contributed by atoms with Crippen molar-refractivity contribution in [2.24, 2.45) is 0 Å². The van der Waals surface area contributed by atoms with Crippen molar-refractivity contribution in [3.8, 4) is 5.75 Å². The Morgan fingerprint density at radius 1 is 1.07 bits per heavy atom. The Morgan fingerprint density at radius 2 is 1.82 bits per heavy atom. The normalized spacial score (nSPS) is 10.1. The number of amides is 2. The molecule has 2 rings (SSSR count). The fourth-order valence-electron chi connectivity index (χ4n) is 2.08. The van der Waals surface area contributed by atoms with Crippen molar-refractivity contribution >= 4 is 51.0 Å². The molecule has 0 bridgehead atoms. The van der Waals surface area contributed by atoms with Crippen molar-refractivity contribution in [1.82, 2.24) is 5.32 Å². The number of hydrogen-bond acceptors (Lipinski definition) is 5. The van der Waals surface area contributed by atoms with Crippen LogP contribution < -0.4 is 15.4 Å². The van der Waals surface area contributed by atoms with Gasteiger partial charge in [0.2, 0.25) is 5.91 Å². The topological polar surface area (TPSA) is 93.7 Å². The summed E-state index contributed by atoms with van der Waals surface area (Å²) in [5, 5.41) is 5.42. The van der Waals surface area contributed by atoms with E-state index in [0.29, 0.717) is 16.5 Å². The summed E-state index contributed by atoms with van der Waals surface area (Å²) in [5.74, 6) is -1.39. The van der Waals surface area contributed by atoms with Gasteiger partial charge < -0.3 is 20.1 Å². The largest absolute Gasteiger partial charge is 0.480 e. The maximum absolute atomic E-state index is 11.9. The van der Waals surface area contributed by atoms with E-state index in [0.717, 1.165) is 10.0 Å². The third-order valence-electron chi connectivity index (χ3n) is 3.46. The second-order valence-corrected chi connectivity index (χ2v) is 6.99. The molecule has 2 N–H and O–H groups in total. The summed E-state index contributed by atoms with van der Waals surface area (Å²) >= 11 is 9.24. The molecule has 0 heterocycles. The summed E-state index contributed by atoms with van der Waals surface area (Å²) < 4.78 is 10.9. The summed E-state index contributed by atoms with van der Waals surface area (Å²) in [6.07, 6.45) is 0. The predicted octanol–water partition coefficient (Wildman–Crippen LogP) is 3.09. The minimum atomic E-state index is -0.731. The molecule has 7 nitrogen and oxygen atoms in total. The zero-order chi connectivity index (χ0) is 20.5. The number of carbonyl (C=O) groups excluding carboxylic acids is 3. The van der Waals surface area contributed by atoms with Gasteiger partial charge in [-0.25, -0.2) is 4.79 Å². The molecule has 0 aromatic heterocycles. The highest BCUT2D eigenvalue weighted by Gasteiger charge is 2.11. The van der Waals surface area contributed by atoms with Crippen molar-refractivity contribution < 1.29 is 23.9 Å². The molecule has 28 heavy (non-hydrogen) atoms. The van der Waals surface area contributed by atoms with E-state index in [9.17, 15) is 14.4 Å². The molecule has 0 aliphatic heterocycles. The number of nitrogens with one attached hydrogen (secondary N) is 2. The molecule has 148 valence electrons. The summed E-state index contributed by atoms with van der Waals surface area (Å²) in [7, 11) is 0. The van der Waals surface area contributed by atoms with Gasteiger partial charge in [-0.05, 0) is 42.8 Å². The number of carbonyl (C=O) groups is 3. The van der Waals surface area contributed by atoms with Crippen LogP contribution in [0.3, 0.4) is 0 Å². The number of esters is 1. The standard InChI is InChI=1S/C19H18BrClN2O5/c1-12-8-13(20)6-7-15(12)23-17(24)9-22-18(25)10-28-19(26)11-27-16-5-3-2-4-14(16)21/h2-8H,9-11H2,1H3,(H,22,25)(H,23,24). The molecule has 0 aliphatic rings. The average molecular weight is 470 g/mol. The summed E-state index contributed by atoms with van der Waals surface area (Å²) in [5.41, 5.74) is 1.52. The molecule has 9 heteroatoms. The van der Waals surface area contributed by atoms with Gasteiger partial charge in [-0.3, -0.25) is 9.59 Å². The third kappa shape index (κ3) is 7.21. The lowest BCUT2D eigenvalue weighted by molar-refractivity contribution is -0.150. The molecule has 2 amide bonds. The van der Waals surface area contributed by atoms with Gasteiger partial charge in [0, 0.05) is 10.2 Å². The Balaban J connectivity index is 1.67. The zero-order valence-electron chi connectivity index (χ0n) is 15.0. The molecule has 0 aliphatic carbocycles. The summed E-state index contributed by atoms with van der Waals surface area (Å²) in [6.45, 7) is 0.695. The molecule has 0 saturated heterocycles. The van der Waals surface area contributed by atoms with Gasteiger partial charge in [0.05, 0.1) is 11.6 Å². The third-order valence-corrected chi connectivity index (χ3v) is 4.26. The van der Waals surface area contributed by atoms with Gasteiger partial charge in [0.1, 0.15) is 5.75 Å². The maximum atomic E-state index is 11.9. The molecular weight excluding hydrogens is 452 g/mol. The molecule has 0 fully saturated rings. The van der Waals surface area contributed by atoms with E-state index in [1.54, 1.807) is 36.4 Å². The van der Waals surface area contributed by atoms with Crippen LogP contribution in [-0.4, -0.2) is 37.5 Å². The van der Waals surface area contributed by atoms with E-state index < -0.39 is 24.4 Å². The van der Waals surface area contributed by atoms with Gasteiger partial charge >= 0.3 is 5.97 Å². The Hall–Kier alpha value is -2.58. The highest BCUT2D eigenvalue weighted by molar-refractivity contribution is 9.10. The number of ether oxygens (including phenoxy) is 2. The lowest BCUT2D eigenvalue weighted by atomic mass is 10.2. The number of para-hydroxylation sites is 1. The van der Waals surface area contributed by atoms with Crippen LogP contribution in [0.25, 0.3) is 0 Å². The van der Waals surface area contributed by atoms with Crippen LogP contribution >= 0.6 is 27.5 Å². The Labute approximate surface area is 175 Å². The quantitative estimate of drug-likeness (QED) is 0.580. The number of rotatable bonds is 8. The predicted molar refractivity (Wildman–Crippen MR) is 108 cm³/mol. The van der Waals surface area contributed by atoms with Crippen LogP contribution in [0.5, 0.6) is 5.75 Å². The van der Waals surface area contributed by atoms with E-state index in [2.05, 4.69) is 26.6 Å². The molecule has 0 unspecified atom stereocenters. The smallest absolute Gasteiger partial charge is 0.344 e. The average Bonchev–Trinajstić information content (AvgIpc) is 2.66. The van der Waals surface area contributed by atoms with Gasteiger partial charge in [-0.15, -0.1) is 0 Å². The molecule has 2 aromatic carbocycles. The lowest BCUT2D eigenvalue weighted by Crippen LogP contribution is -2.36. The molecule has 2 aromatic rings. The number of benzene rings is 2. The highest BCUT2D eigenvalue weighted by atomic mass is 79.9. The molecular formula is C19H18BrClN2O5. The van der Waals surface area contributed by atoms with E-state index >= 15 is 0 Å². The van der Waals surface area contributed by atoms with Crippen molar-refractivity contribution in [1.29, 1.82) is 0 Å². The van der Waals surface area contributed by atoms with Crippen LogP contribution in [0.4, 0.5) is 5.69 Å². The first-order valence-corrected chi connectivity index (χ1v) is 9.38. The first kappa shape index (κ1) is 21.7. The Bertz CT molecular complexity index is 875. The van der Waals surface area contributed by atoms with Gasteiger partial charge in [0.15, 0.2) is 13.2 Å². The Morgan fingerprint density at radius 3 is 2.54 bits per heavy atom. The SMILES string of the molecule is Cc1cc(Br)ccc1NC(=O)CNC(=O)COC(=O)COc1ccccc1Cl. The van der Waals surface area contributed by atoms with Crippen molar-refractivity contribution in [2.45, 2.75) is 6.92 Å². The van der Waals surface area contributed by atoms with E-state index in [1.807, 2.05) is 13.0 Å². The van der Waals surface area contributed by atoms with Crippen LogP contribution in [0.15, 0.2) is 46.9 Å². The monoisotopic (exact) mass is 468 g/mol. The maximum Gasteiger partial charge on any atom is 0.344 e. The van der Waals surface area contributed by atoms with Crippen LogP contribution in [-0.2, 0) is 19.1 Å². The molecule has 0 atom stereocenters. The number of hydrogen-bond donors (Lipinski definition) is 2. The number of aryl methyl sites for hydroxylation is 1. The van der Waals surface area contributed by atoms with Crippen molar-refractivity contribution in [2.75, 3.05) is 25.1 Å². The first-order valence-electron chi connectivity index (χ1n) is 8.21. The van der Waals surface area contributed by atoms with Crippen molar-refractivity contribution in [3.05, 3.63) is 57.5 Å². The number of halogens is 2. The zero-order valence-corrected chi connectivity index (χ0v) is 17.3. The minimum absolute atomic E-state index is 0.248. The molecule has 0 spiro atoms. The van der Waals surface area contributed by atoms with Gasteiger partial charge in [-0.1, -0.05) is 39.7 Å². The molecule has 0 radical (unpaired) electrons. The lowest BCUT2D eigenvalue weighted by Gasteiger charge is -2.10. The summed E-state index contributed by atoms with van der Waals surface area (Å²) in [6, 6.07) is 12.1. The number of anilines is 1. The first-order chi connectivity index (χ1) is 13.3. The van der Waals surface area contributed by atoms with Gasteiger partial charge in [-0.2, -0.15) is 0 Å². The van der Waals surface area contributed by atoms with Crippen LogP contribution in [0, 0.1) is 6.92 Å². The van der Waals surface area contributed by atoms with Crippen LogP contribution in [0.2, 0.25) is 5.02 Å². The minimum Gasteiger partial charge on any atom is -0.480 e. The fourth-order valence-corrected chi connectivity index (χ4v) is 2.74. The van der Waals surface area contributed by atoms with Gasteiger partial charge in [0.25, 0.3) is 5.91 Å². The van der Waals surface area contributed by atoms with E-state index in [1.165, 1.54) is 0 Å². The second-order valence-electron chi connectivity index (χ2n) is 5.66. The highest BCUT2D eigenvalue weighted by Crippen LogP contribution is 2.23. The van der Waals surface area contributed by atoms with Crippen molar-refractivity contribution in [3.63, 3.8) is 0 Å². The van der Waals surface area contributed by atoms with E-state index in [4.69, 9.17) is 21.1 Å². The second kappa shape index (κ2) is 10.7.